The summed E-state index contributed by atoms with van der Waals surface area (Å²) in [4.78, 5) is 14.1. The maximum absolute atomic E-state index is 11.6. The van der Waals surface area contributed by atoms with Crippen molar-refractivity contribution in [2.45, 2.75) is 46.7 Å². The molecule has 0 atom stereocenters. The zero-order valence-corrected chi connectivity index (χ0v) is 14.1. The Hall–Kier alpha value is -1.61. The van der Waals surface area contributed by atoms with Crippen molar-refractivity contribution in [1.29, 1.82) is 0 Å². The van der Waals surface area contributed by atoms with E-state index in [-0.39, 0.29) is 5.91 Å². The largest absolute Gasteiger partial charge is 0.348 e. The molecule has 0 saturated carbocycles. The highest BCUT2D eigenvalue weighted by atomic mass is 16.1. The van der Waals surface area contributed by atoms with Crippen LogP contribution in [0.5, 0.6) is 0 Å². The van der Waals surface area contributed by atoms with Gasteiger partial charge in [-0.25, -0.2) is 0 Å². The van der Waals surface area contributed by atoms with Crippen molar-refractivity contribution in [1.82, 2.24) is 10.2 Å². The molecule has 1 aliphatic rings. The molecule has 1 fully saturated rings. The van der Waals surface area contributed by atoms with Crippen LogP contribution in [0.15, 0.2) is 35.9 Å². The van der Waals surface area contributed by atoms with E-state index in [9.17, 15) is 4.79 Å². The summed E-state index contributed by atoms with van der Waals surface area (Å²) in [5, 5.41) is 2.91. The Bertz CT molecular complexity index is 507. The standard InChI is InChI=1S/C19H28N2O/c1-15(2)12-19(22)20-13-17-4-6-18(7-5-17)14-21-10-8-16(3)9-11-21/h4-7,12,16H,8-11,13-14H2,1-3H3,(H,20,22). The van der Waals surface area contributed by atoms with E-state index in [1.54, 1.807) is 6.08 Å². The molecule has 1 heterocycles. The maximum atomic E-state index is 11.6. The van der Waals surface area contributed by atoms with Gasteiger partial charge in [-0.1, -0.05) is 36.8 Å². The van der Waals surface area contributed by atoms with Gasteiger partial charge >= 0.3 is 0 Å². The summed E-state index contributed by atoms with van der Waals surface area (Å²) < 4.78 is 0. The van der Waals surface area contributed by atoms with Crippen molar-refractivity contribution >= 4 is 5.91 Å². The van der Waals surface area contributed by atoms with Gasteiger partial charge in [0.1, 0.15) is 0 Å². The number of nitrogens with one attached hydrogen (secondary N) is 1. The smallest absolute Gasteiger partial charge is 0.244 e. The average molecular weight is 300 g/mol. The number of carbonyl (C=O) groups is 1. The minimum Gasteiger partial charge on any atom is -0.348 e. The lowest BCUT2D eigenvalue weighted by molar-refractivity contribution is -0.116. The number of nitrogens with zero attached hydrogens (tertiary/aromatic N) is 1. The van der Waals surface area contributed by atoms with Crippen LogP contribution in [0.4, 0.5) is 0 Å². The molecule has 3 heteroatoms. The van der Waals surface area contributed by atoms with Crippen molar-refractivity contribution in [3.63, 3.8) is 0 Å². The Morgan fingerprint density at radius 3 is 2.36 bits per heavy atom. The molecule has 1 amide bonds. The quantitative estimate of drug-likeness (QED) is 0.844. The van der Waals surface area contributed by atoms with Crippen molar-refractivity contribution in [2.75, 3.05) is 13.1 Å². The highest BCUT2D eigenvalue weighted by Crippen LogP contribution is 2.18. The first-order valence-electron chi connectivity index (χ1n) is 8.26. The van der Waals surface area contributed by atoms with E-state index in [4.69, 9.17) is 0 Å². The lowest BCUT2D eigenvalue weighted by atomic mass is 9.99. The van der Waals surface area contributed by atoms with Crippen molar-refractivity contribution in [2.24, 2.45) is 5.92 Å². The van der Waals surface area contributed by atoms with E-state index in [0.717, 1.165) is 23.6 Å². The molecular weight excluding hydrogens is 272 g/mol. The van der Waals surface area contributed by atoms with Gasteiger partial charge in [-0.3, -0.25) is 9.69 Å². The van der Waals surface area contributed by atoms with E-state index >= 15 is 0 Å². The number of allylic oxidation sites excluding steroid dienone is 1. The van der Waals surface area contributed by atoms with Gasteiger partial charge in [0.15, 0.2) is 0 Å². The first-order valence-corrected chi connectivity index (χ1v) is 8.26. The van der Waals surface area contributed by atoms with Crippen LogP contribution in [-0.4, -0.2) is 23.9 Å². The highest BCUT2D eigenvalue weighted by Gasteiger charge is 2.15. The molecule has 0 aromatic heterocycles. The summed E-state index contributed by atoms with van der Waals surface area (Å²) in [6, 6.07) is 8.59. The van der Waals surface area contributed by atoms with Crippen LogP contribution in [0, 0.1) is 5.92 Å². The minimum atomic E-state index is -0.0217. The first-order chi connectivity index (χ1) is 10.5. The van der Waals surface area contributed by atoms with E-state index in [1.165, 1.54) is 31.5 Å². The summed E-state index contributed by atoms with van der Waals surface area (Å²) in [6.45, 7) is 10.2. The van der Waals surface area contributed by atoms with Crippen molar-refractivity contribution < 1.29 is 4.79 Å². The molecule has 0 bridgehead atoms. The molecule has 0 radical (unpaired) electrons. The Morgan fingerprint density at radius 1 is 1.18 bits per heavy atom. The monoisotopic (exact) mass is 300 g/mol. The molecule has 3 nitrogen and oxygen atoms in total. The summed E-state index contributed by atoms with van der Waals surface area (Å²) in [5.74, 6) is 0.856. The zero-order chi connectivity index (χ0) is 15.9. The predicted octanol–water partition coefficient (Wildman–Crippen LogP) is 3.50. The Kier molecular flexibility index (Phi) is 6.20. The third-order valence-corrected chi connectivity index (χ3v) is 4.19. The second kappa shape index (κ2) is 8.14. The summed E-state index contributed by atoms with van der Waals surface area (Å²) >= 11 is 0. The van der Waals surface area contributed by atoms with Gasteiger partial charge in [0.2, 0.25) is 5.91 Å². The number of rotatable bonds is 5. The normalized spacial score (nSPS) is 16.3. The number of likely N-dealkylation sites (tertiary alicyclic amines) is 1. The maximum Gasteiger partial charge on any atom is 0.244 e. The molecule has 0 unspecified atom stereocenters. The second-order valence-corrected chi connectivity index (χ2v) is 6.71. The van der Waals surface area contributed by atoms with Gasteiger partial charge in [0.05, 0.1) is 0 Å². The van der Waals surface area contributed by atoms with E-state index in [2.05, 4.69) is 41.4 Å². The first kappa shape index (κ1) is 16.8. The number of benzene rings is 1. The third kappa shape index (κ3) is 5.64. The van der Waals surface area contributed by atoms with Crippen LogP contribution in [-0.2, 0) is 17.9 Å². The van der Waals surface area contributed by atoms with Crippen LogP contribution in [0.25, 0.3) is 0 Å². The number of hydrogen-bond donors (Lipinski definition) is 1. The SMILES string of the molecule is CC(C)=CC(=O)NCc1ccc(CN2CCC(C)CC2)cc1. The minimum absolute atomic E-state index is 0.0217. The Labute approximate surface area is 134 Å². The van der Waals surface area contributed by atoms with Gasteiger partial charge in [-0.15, -0.1) is 0 Å². The van der Waals surface area contributed by atoms with Crippen molar-refractivity contribution in [3.8, 4) is 0 Å². The molecule has 1 N–H and O–H groups in total. The number of piperidine rings is 1. The molecule has 22 heavy (non-hydrogen) atoms. The molecule has 0 aliphatic carbocycles. The second-order valence-electron chi connectivity index (χ2n) is 6.71. The van der Waals surface area contributed by atoms with Gasteiger partial charge in [0.25, 0.3) is 0 Å². The molecule has 2 rings (SSSR count). The topological polar surface area (TPSA) is 32.3 Å². The van der Waals surface area contributed by atoms with Crippen LogP contribution in [0.1, 0.15) is 44.7 Å². The Balaban J connectivity index is 1.80. The van der Waals surface area contributed by atoms with Crippen LogP contribution < -0.4 is 5.32 Å². The molecule has 0 spiro atoms. The molecule has 1 aliphatic heterocycles. The number of amides is 1. The fraction of sp³-hybridized carbons (Fsp3) is 0.526. The summed E-state index contributed by atoms with van der Waals surface area (Å²) in [7, 11) is 0. The van der Waals surface area contributed by atoms with Crippen LogP contribution in [0.2, 0.25) is 0 Å². The number of carbonyl (C=O) groups excluding carboxylic acids is 1. The number of hydrogen-bond acceptors (Lipinski definition) is 2. The molecule has 120 valence electrons. The van der Waals surface area contributed by atoms with Gasteiger partial charge < -0.3 is 5.32 Å². The van der Waals surface area contributed by atoms with Crippen LogP contribution in [0.3, 0.4) is 0 Å². The third-order valence-electron chi connectivity index (χ3n) is 4.19. The summed E-state index contributed by atoms with van der Waals surface area (Å²) in [6.07, 6.45) is 4.26. The molecule has 1 saturated heterocycles. The zero-order valence-electron chi connectivity index (χ0n) is 14.1. The highest BCUT2D eigenvalue weighted by molar-refractivity contribution is 5.87. The van der Waals surface area contributed by atoms with Crippen LogP contribution >= 0.6 is 0 Å². The van der Waals surface area contributed by atoms with Gasteiger partial charge in [-0.2, -0.15) is 0 Å². The lowest BCUT2D eigenvalue weighted by Crippen LogP contribution is -2.32. The van der Waals surface area contributed by atoms with Crippen molar-refractivity contribution in [3.05, 3.63) is 47.0 Å². The average Bonchev–Trinajstić information content (AvgIpc) is 2.48. The van der Waals surface area contributed by atoms with Gasteiger partial charge in [-0.05, 0) is 56.8 Å². The van der Waals surface area contributed by atoms with E-state index in [0.29, 0.717) is 6.54 Å². The summed E-state index contributed by atoms with van der Waals surface area (Å²) in [5.41, 5.74) is 3.52. The van der Waals surface area contributed by atoms with Gasteiger partial charge in [0, 0.05) is 19.2 Å². The fourth-order valence-electron chi connectivity index (χ4n) is 2.74. The molecule has 1 aromatic rings. The molecule has 1 aromatic carbocycles. The Morgan fingerprint density at radius 2 is 1.77 bits per heavy atom. The lowest BCUT2D eigenvalue weighted by Gasteiger charge is -2.30. The fourth-order valence-corrected chi connectivity index (χ4v) is 2.74. The van der Waals surface area contributed by atoms with E-state index < -0.39 is 0 Å². The predicted molar refractivity (Wildman–Crippen MR) is 91.4 cm³/mol. The van der Waals surface area contributed by atoms with E-state index in [1.807, 2.05) is 13.8 Å². The molecular formula is C19H28N2O.